The maximum Gasteiger partial charge on any atom is 0.136 e. The molecule has 3 nitrogen and oxygen atoms in total. The minimum atomic E-state index is 0.300. The maximum atomic E-state index is 8.99. The van der Waals surface area contributed by atoms with Gasteiger partial charge in [0.2, 0.25) is 0 Å². The molecule has 1 fully saturated rings. The van der Waals surface area contributed by atoms with Gasteiger partial charge in [-0.2, -0.15) is 5.26 Å². The van der Waals surface area contributed by atoms with Crippen molar-refractivity contribution in [3.63, 3.8) is 0 Å². The summed E-state index contributed by atoms with van der Waals surface area (Å²) in [6, 6.07) is 7.82. The number of nitrogens with zero attached hydrogens (tertiary/aromatic N) is 1. The van der Waals surface area contributed by atoms with Crippen LogP contribution in [0, 0.1) is 11.3 Å². The third-order valence-corrected chi connectivity index (χ3v) is 2.29. The zero-order chi connectivity index (χ0) is 9.97. The highest BCUT2D eigenvalue weighted by atomic mass is 16.6. The smallest absolute Gasteiger partial charge is 0.136 e. The van der Waals surface area contributed by atoms with Crippen LogP contribution in [0.2, 0.25) is 0 Å². The van der Waals surface area contributed by atoms with E-state index in [1.807, 2.05) is 12.1 Å². The molecule has 0 saturated carbocycles. The summed E-state index contributed by atoms with van der Waals surface area (Å²) in [5.74, 6) is 0.644. The third-order valence-electron chi connectivity index (χ3n) is 2.29. The van der Waals surface area contributed by atoms with E-state index >= 15 is 0 Å². The summed E-state index contributed by atoms with van der Waals surface area (Å²) in [7, 11) is 1.58. The molecule has 1 aliphatic heterocycles. The lowest BCUT2D eigenvalue weighted by molar-refractivity contribution is 0.403. The zero-order valence-electron chi connectivity index (χ0n) is 7.99. The molecule has 0 N–H and O–H groups in total. The monoisotopic (exact) mass is 189 g/mol. The van der Waals surface area contributed by atoms with E-state index in [1.54, 1.807) is 13.2 Å². The molecule has 1 aliphatic rings. The van der Waals surface area contributed by atoms with Crippen molar-refractivity contribution in [3.8, 4) is 11.8 Å². The summed E-state index contributed by atoms with van der Waals surface area (Å²) in [6.07, 6.45) is 1.11. The molecule has 0 spiro atoms. The Morgan fingerprint density at radius 3 is 3.00 bits per heavy atom. The predicted molar refractivity (Wildman–Crippen MR) is 51.2 cm³/mol. The predicted octanol–water partition coefficient (Wildman–Crippen LogP) is 1.51. The Morgan fingerprint density at radius 1 is 1.64 bits per heavy atom. The highest BCUT2D eigenvalue weighted by molar-refractivity contribution is 5.49. The number of ether oxygens (including phenoxy) is 2. The maximum absolute atomic E-state index is 8.99. The molecule has 1 saturated heterocycles. The molecule has 1 unspecified atom stereocenters. The van der Waals surface area contributed by atoms with Crippen molar-refractivity contribution in [2.75, 3.05) is 13.7 Å². The molecule has 0 radical (unpaired) electrons. The summed E-state index contributed by atoms with van der Waals surface area (Å²) in [4.78, 5) is 0. The van der Waals surface area contributed by atoms with E-state index < -0.39 is 0 Å². The fraction of sp³-hybridized carbons (Fsp3) is 0.364. The standard InChI is InChI=1S/C11H11NO2/c1-13-11-4-2-3-8(10(11)6-12)5-9-7-14-9/h2-4,9H,5,7H2,1H3. The van der Waals surface area contributed by atoms with Crippen LogP contribution in [0.4, 0.5) is 0 Å². The lowest BCUT2D eigenvalue weighted by atomic mass is 10.0. The van der Waals surface area contributed by atoms with Crippen molar-refractivity contribution >= 4 is 0 Å². The summed E-state index contributed by atoms with van der Waals surface area (Å²) >= 11 is 0. The van der Waals surface area contributed by atoms with E-state index in [9.17, 15) is 0 Å². The van der Waals surface area contributed by atoms with Crippen LogP contribution in [0.1, 0.15) is 11.1 Å². The molecule has 2 rings (SSSR count). The number of epoxide rings is 1. The molecule has 1 heterocycles. The molecule has 1 aromatic rings. The highest BCUT2D eigenvalue weighted by Gasteiger charge is 2.24. The van der Waals surface area contributed by atoms with E-state index in [0.29, 0.717) is 17.4 Å². The van der Waals surface area contributed by atoms with Gasteiger partial charge >= 0.3 is 0 Å². The van der Waals surface area contributed by atoms with Gasteiger partial charge in [0, 0.05) is 6.42 Å². The molecule has 0 aliphatic carbocycles. The fourth-order valence-corrected chi connectivity index (χ4v) is 1.47. The third kappa shape index (κ3) is 1.70. The van der Waals surface area contributed by atoms with Gasteiger partial charge in [0.25, 0.3) is 0 Å². The van der Waals surface area contributed by atoms with Gasteiger partial charge in [0.1, 0.15) is 11.8 Å². The average molecular weight is 189 g/mol. The Morgan fingerprint density at radius 2 is 2.43 bits per heavy atom. The number of methoxy groups -OCH3 is 1. The number of hydrogen-bond acceptors (Lipinski definition) is 3. The lowest BCUT2D eigenvalue weighted by Gasteiger charge is -2.06. The first kappa shape index (κ1) is 9.04. The van der Waals surface area contributed by atoms with Crippen molar-refractivity contribution in [2.24, 2.45) is 0 Å². The second kappa shape index (κ2) is 3.69. The molecular formula is C11H11NO2. The largest absolute Gasteiger partial charge is 0.495 e. The quantitative estimate of drug-likeness (QED) is 0.677. The second-order valence-electron chi connectivity index (χ2n) is 3.27. The molecule has 0 aromatic heterocycles. The van der Waals surface area contributed by atoms with Gasteiger partial charge in [-0.15, -0.1) is 0 Å². The van der Waals surface area contributed by atoms with Crippen molar-refractivity contribution < 1.29 is 9.47 Å². The molecular weight excluding hydrogens is 178 g/mol. The van der Waals surface area contributed by atoms with Crippen LogP contribution in [-0.4, -0.2) is 19.8 Å². The van der Waals surface area contributed by atoms with Crippen LogP contribution < -0.4 is 4.74 Å². The first-order valence-electron chi connectivity index (χ1n) is 4.52. The van der Waals surface area contributed by atoms with E-state index in [-0.39, 0.29) is 0 Å². The Kier molecular flexibility index (Phi) is 2.38. The minimum Gasteiger partial charge on any atom is -0.495 e. The number of benzene rings is 1. The first-order chi connectivity index (χ1) is 6.85. The van der Waals surface area contributed by atoms with E-state index in [2.05, 4.69) is 6.07 Å². The second-order valence-corrected chi connectivity index (χ2v) is 3.27. The van der Waals surface area contributed by atoms with Gasteiger partial charge in [-0.05, 0) is 11.6 Å². The molecule has 3 heteroatoms. The average Bonchev–Trinajstić information content (AvgIpc) is 3.01. The van der Waals surface area contributed by atoms with Crippen LogP contribution in [0.5, 0.6) is 5.75 Å². The molecule has 72 valence electrons. The zero-order valence-corrected chi connectivity index (χ0v) is 7.99. The van der Waals surface area contributed by atoms with Crippen molar-refractivity contribution in [3.05, 3.63) is 29.3 Å². The first-order valence-corrected chi connectivity index (χ1v) is 4.52. The summed E-state index contributed by atoms with van der Waals surface area (Å²) in [5.41, 5.74) is 1.64. The van der Waals surface area contributed by atoms with E-state index in [1.165, 1.54) is 0 Å². The van der Waals surface area contributed by atoms with Crippen molar-refractivity contribution in [2.45, 2.75) is 12.5 Å². The van der Waals surface area contributed by atoms with Gasteiger partial charge in [-0.25, -0.2) is 0 Å². The van der Waals surface area contributed by atoms with Gasteiger partial charge in [-0.1, -0.05) is 12.1 Å². The highest BCUT2D eigenvalue weighted by Crippen LogP contribution is 2.25. The summed E-state index contributed by atoms with van der Waals surface area (Å²) in [6.45, 7) is 0.808. The lowest BCUT2D eigenvalue weighted by Crippen LogP contribution is -1.98. The topological polar surface area (TPSA) is 45.5 Å². The Bertz CT molecular complexity index is 377. The number of nitriles is 1. The summed E-state index contributed by atoms with van der Waals surface area (Å²) in [5, 5.41) is 8.99. The van der Waals surface area contributed by atoms with Gasteiger partial charge in [0.15, 0.2) is 0 Å². The Hall–Kier alpha value is -1.53. The Labute approximate surface area is 82.9 Å². The SMILES string of the molecule is COc1cccc(CC2CO2)c1C#N. The van der Waals surface area contributed by atoms with Crippen molar-refractivity contribution in [1.29, 1.82) is 5.26 Å². The summed E-state index contributed by atoms with van der Waals surface area (Å²) < 4.78 is 10.3. The van der Waals surface area contributed by atoms with Crippen LogP contribution in [0.15, 0.2) is 18.2 Å². The van der Waals surface area contributed by atoms with E-state index in [4.69, 9.17) is 14.7 Å². The van der Waals surface area contributed by atoms with Gasteiger partial charge in [0.05, 0.1) is 25.4 Å². The van der Waals surface area contributed by atoms with Crippen LogP contribution in [0.25, 0.3) is 0 Å². The number of rotatable bonds is 3. The normalized spacial score (nSPS) is 18.7. The molecule has 1 atom stereocenters. The van der Waals surface area contributed by atoms with Gasteiger partial charge in [-0.3, -0.25) is 0 Å². The molecule has 0 amide bonds. The van der Waals surface area contributed by atoms with Crippen molar-refractivity contribution in [1.82, 2.24) is 0 Å². The molecule has 0 bridgehead atoms. The van der Waals surface area contributed by atoms with Crippen LogP contribution in [0.3, 0.4) is 0 Å². The fourth-order valence-electron chi connectivity index (χ4n) is 1.47. The van der Waals surface area contributed by atoms with Gasteiger partial charge < -0.3 is 9.47 Å². The molecule has 14 heavy (non-hydrogen) atoms. The molecule has 1 aromatic carbocycles. The number of hydrogen-bond donors (Lipinski definition) is 0. The minimum absolute atomic E-state index is 0.300. The van der Waals surface area contributed by atoms with E-state index in [0.717, 1.165) is 18.6 Å². The Balaban J connectivity index is 2.32. The van der Waals surface area contributed by atoms with Crippen LogP contribution in [-0.2, 0) is 11.2 Å². The van der Waals surface area contributed by atoms with Crippen LogP contribution >= 0.6 is 0 Å².